The van der Waals surface area contributed by atoms with Gasteiger partial charge in [0.2, 0.25) is 5.91 Å². The minimum absolute atomic E-state index is 0.307. The van der Waals surface area contributed by atoms with Crippen LogP contribution in [0.15, 0.2) is 0 Å². The molecule has 2 aliphatic carbocycles. The van der Waals surface area contributed by atoms with Gasteiger partial charge in [-0.2, -0.15) is 0 Å². The highest BCUT2D eigenvalue weighted by Gasteiger charge is 2.34. The van der Waals surface area contributed by atoms with E-state index in [4.69, 9.17) is 5.73 Å². The summed E-state index contributed by atoms with van der Waals surface area (Å²) in [5.41, 5.74) is 5.64. The number of rotatable bonds is 8. The zero-order valence-electron chi connectivity index (χ0n) is 13.9. The highest BCUT2D eigenvalue weighted by Crippen LogP contribution is 2.35. The Hall–Kier alpha value is -0.570. The molecule has 2 N–H and O–H groups in total. The number of nitrogens with two attached hydrogens (primary N) is 1. The van der Waals surface area contributed by atoms with Crippen molar-refractivity contribution in [1.29, 1.82) is 0 Å². The molecule has 122 valence electrons. The van der Waals surface area contributed by atoms with E-state index >= 15 is 0 Å². The van der Waals surface area contributed by atoms with Crippen LogP contribution in [0.3, 0.4) is 0 Å². The third kappa shape index (κ3) is 4.70. The quantitative estimate of drug-likeness (QED) is 0.741. The van der Waals surface area contributed by atoms with E-state index in [9.17, 15) is 4.79 Å². The number of hydrogen-bond acceptors (Lipinski definition) is 2. The van der Waals surface area contributed by atoms with Crippen molar-refractivity contribution in [2.75, 3.05) is 13.1 Å². The van der Waals surface area contributed by atoms with Crippen LogP contribution < -0.4 is 5.73 Å². The average molecular weight is 294 g/mol. The van der Waals surface area contributed by atoms with Crippen LogP contribution in [0.1, 0.15) is 77.6 Å². The molecular formula is C18H34N2O. The second kappa shape index (κ2) is 8.77. The molecule has 2 saturated carbocycles. The zero-order valence-corrected chi connectivity index (χ0v) is 13.9. The van der Waals surface area contributed by atoms with Crippen molar-refractivity contribution in [2.45, 2.75) is 83.6 Å². The van der Waals surface area contributed by atoms with E-state index < -0.39 is 0 Å². The number of unbranched alkanes of at least 4 members (excludes halogenated alkanes) is 1. The molecule has 0 unspecified atom stereocenters. The fraction of sp³-hybridized carbons (Fsp3) is 0.944. The largest absolute Gasteiger partial charge is 0.339 e. The van der Waals surface area contributed by atoms with Crippen molar-refractivity contribution >= 4 is 5.91 Å². The summed E-state index contributed by atoms with van der Waals surface area (Å²) in [6, 6.07) is 0.530. The minimum atomic E-state index is 0.307. The van der Waals surface area contributed by atoms with Crippen LogP contribution in [0.4, 0.5) is 0 Å². The number of hydrogen-bond donors (Lipinski definition) is 1. The fourth-order valence-corrected chi connectivity index (χ4v) is 3.86. The van der Waals surface area contributed by atoms with Gasteiger partial charge in [-0.1, -0.05) is 26.2 Å². The Balaban J connectivity index is 1.80. The molecule has 0 aromatic rings. The Morgan fingerprint density at radius 3 is 2.33 bits per heavy atom. The van der Waals surface area contributed by atoms with Gasteiger partial charge < -0.3 is 10.6 Å². The van der Waals surface area contributed by atoms with E-state index in [-0.39, 0.29) is 0 Å². The minimum Gasteiger partial charge on any atom is -0.339 e. The maximum Gasteiger partial charge on any atom is 0.225 e. The van der Waals surface area contributed by atoms with E-state index in [0.29, 0.717) is 24.4 Å². The molecule has 0 bridgehead atoms. The van der Waals surface area contributed by atoms with Crippen LogP contribution in [0.25, 0.3) is 0 Å². The van der Waals surface area contributed by atoms with Crippen LogP contribution in [0.2, 0.25) is 0 Å². The molecule has 0 aromatic heterocycles. The van der Waals surface area contributed by atoms with Gasteiger partial charge in [0.25, 0.3) is 0 Å². The van der Waals surface area contributed by atoms with Gasteiger partial charge in [0.1, 0.15) is 0 Å². The molecule has 21 heavy (non-hydrogen) atoms. The van der Waals surface area contributed by atoms with E-state index in [1.807, 2.05) is 0 Å². The predicted octanol–water partition coefficient (Wildman–Crippen LogP) is 3.71. The van der Waals surface area contributed by atoms with Crippen LogP contribution in [-0.4, -0.2) is 29.9 Å². The molecule has 2 fully saturated rings. The highest BCUT2D eigenvalue weighted by molar-refractivity contribution is 5.79. The lowest BCUT2D eigenvalue weighted by Gasteiger charge is -2.40. The molecule has 0 aromatic carbocycles. The lowest BCUT2D eigenvalue weighted by Crippen LogP contribution is -2.48. The Labute approximate surface area is 130 Å². The third-order valence-corrected chi connectivity index (χ3v) is 5.56. The molecule has 3 heteroatoms. The number of amides is 1. The Kier molecular flexibility index (Phi) is 7.01. The lowest BCUT2D eigenvalue weighted by atomic mass is 9.78. The van der Waals surface area contributed by atoms with Crippen molar-refractivity contribution < 1.29 is 4.79 Å². The second-order valence-corrected chi connectivity index (χ2v) is 7.12. The van der Waals surface area contributed by atoms with Gasteiger partial charge in [-0.05, 0) is 63.8 Å². The van der Waals surface area contributed by atoms with Gasteiger partial charge >= 0.3 is 0 Å². The van der Waals surface area contributed by atoms with Crippen molar-refractivity contribution in [1.82, 2.24) is 4.90 Å². The summed E-state index contributed by atoms with van der Waals surface area (Å²) in [5, 5.41) is 0. The summed E-state index contributed by atoms with van der Waals surface area (Å²) in [6.45, 7) is 3.85. The SMILES string of the molecule is CCCCC1CCC(C(=O)N(CCCN)C2CCC2)CC1. The maximum absolute atomic E-state index is 12.8. The van der Waals surface area contributed by atoms with Gasteiger partial charge in [0.15, 0.2) is 0 Å². The van der Waals surface area contributed by atoms with Gasteiger partial charge in [0, 0.05) is 18.5 Å². The lowest BCUT2D eigenvalue weighted by molar-refractivity contribution is -0.141. The number of carbonyl (C=O) groups excluding carboxylic acids is 1. The molecule has 2 rings (SSSR count). The molecule has 1 amide bonds. The van der Waals surface area contributed by atoms with Gasteiger partial charge in [-0.15, -0.1) is 0 Å². The topological polar surface area (TPSA) is 46.3 Å². The van der Waals surface area contributed by atoms with Crippen LogP contribution in [-0.2, 0) is 4.79 Å². The smallest absolute Gasteiger partial charge is 0.225 e. The molecule has 0 atom stereocenters. The first kappa shape index (κ1) is 16.8. The van der Waals surface area contributed by atoms with Gasteiger partial charge in [-0.3, -0.25) is 4.79 Å². The third-order valence-electron chi connectivity index (χ3n) is 5.56. The molecule has 0 aliphatic heterocycles. The van der Waals surface area contributed by atoms with Crippen LogP contribution in [0, 0.1) is 11.8 Å². The molecule has 2 aliphatic rings. The standard InChI is InChI=1S/C18H34N2O/c1-2-3-6-15-9-11-16(12-10-15)18(21)20(14-5-13-19)17-7-4-8-17/h15-17H,2-14,19H2,1H3. The number of nitrogens with zero attached hydrogens (tertiary/aromatic N) is 1. The second-order valence-electron chi connectivity index (χ2n) is 7.12. The van der Waals surface area contributed by atoms with Gasteiger partial charge in [0.05, 0.1) is 0 Å². The van der Waals surface area contributed by atoms with Crippen molar-refractivity contribution in [3.63, 3.8) is 0 Å². The molecule has 0 saturated heterocycles. The summed E-state index contributed by atoms with van der Waals surface area (Å²) in [5.74, 6) is 1.64. The van der Waals surface area contributed by atoms with Crippen LogP contribution in [0.5, 0.6) is 0 Å². The van der Waals surface area contributed by atoms with E-state index in [0.717, 1.165) is 31.7 Å². The van der Waals surface area contributed by atoms with E-state index in [2.05, 4.69) is 11.8 Å². The molecule has 0 heterocycles. The molecule has 0 spiro atoms. The summed E-state index contributed by atoms with van der Waals surface area (Å²) < 4.78 is 0. The Morgan fingerprint density at radius 1 is 1.10 bits per heavy atom. The normalized spacial score (nSPS) is 26.4. The first-order valence-electron chi connectivity index (χ1n) is 9.26. The fourth-order valence-electron chi connectivity index (χ4n) is 3.86. The summed E-state index contributed by atoms with van der Waals surface area (Å²) in [4.78, 5) is 15.0. The van der Waals surface area contributed by atoms with E-state index in [1.165, 1.54) is 51.4 Å². The summed E-state index contributed by atoms with van der Waals surface area (Å²) >= 11 is 0. The maximum atomic E-state index is 12.8. The van der Waals surface area contributed by atoms with Crippen molar-refractivity contribution in [3.8, 4) is 0 Å². The first-order chi connectivity index (χ1) is 10.3. The number of carbonyl (C=O) groups is 1. The Bertz CT molecular complexity index is 306. The van der Waals surface area contributed by atoms with Gasteiger partial charge in [-0.25, -0.2) is 0 Å². The highest BCUT2D eigenvalue weighted by atomic mass is 16.2. The molecule has 3 nitrogen and oxygen atoms in total. The monoisotopic (exact) mass is 294 g/mol. The predicted molar refractivity (Wildman–Crippen MR) is 88.0 cm³/mol. The van der Waals surface area contributed by atoms with Crippen molar-refractivity contribution in [3.05, 3.63) is 0 Å². The summed E-state index contributed by atoms with van der Waals surface area (Å²) in [7, 11) is 0. The van der Waals surface area contributed by atoms with E-state index in [1.54, 1.807) is 0 Å². The zero-order chi connectivity index (χ0) is 15.1. The summed E-state index contributed by atoms with van der Waals surface area (Å²) in [6.07, 6.45) is 13.5. The molecular weight excluding hydrogens is 260 g/mol. The van der Waals surface area contributed by atoms with Crippen LogP contribution >= 0.6 is 0 Å². The Morgan fingerprint density at radius 2 is 1.81 bits per heavy atom. The van der Waals surface area contributed by atoms with Crippen molar-refractivity contribution in [2.24, 2.45) is 17.6 Å². The molecule has 0 radical (unpaired) electrons. The first-order valence-corrected chi connectivity index (χ1v) is 9.26. The average Bonchev–Trinajstić information content (AvgIpc) is 2.47.